The summed E-state index contributed by atoms with van der Waals surface area (Å²) in [7, 11) is 0. The van der Waals surface area contributed by atoms with E-state index in [-0.39, 0.29) is 12.8 Å². The van der Waals surface area contributed by atoms with E-state index in [9.17, 15) is 14.4 Å². The highest BCUT2D eigenvalue weighted by atomic mass is 16.4. The summed E-state index contributed by atoms with van der Waals surface area (Å²) in [6, 6.07) is 0. The second-order valence-corrected chi connectivity index (χ2v) is 2.56. The highest BCUT2D eigenvalue weighted by Gasteiger charge is 2.35. The molecule has 0 unspecified atom stereocenters. The van der Waals surface area contributed by atoms with Crippen molar-refractivity contribution < 1.29 is 19.5 Å². The van der Waals surface area contributed by atoms with Gasteiger partial charge in [0.1, 0.15) is 0 Å². The molecular weight excluding hydrogens is 148 g/mol. The molecule has 4 heteroatoms. The molecule has 0 spiro atoms. The quantitative estimate of drug-likeness (QED) is 0.543. The molecule has 0 atom stereocenters. The zero-order chi connectivity index (χ0) is 8.43. The van der Waals surface area contributed by atoms with Crippen molar-refractivity contribution in [3.63, 3.8) is 0 Å². The summed E-state index contributed by atoms with van der Waals surface area (Å²) >= 11 is 0. The first-order chi connectivity index (χ1) is 5.13. The maximum atomic E-state index is 10.8. The Labute approximate surface area is 63.2 Å². The summed E-state index contributed by atoms with van der Waals surface area (Å²) in [5.74, 6) is -3.58. The molecule has 0 saturated heterocycles. The van der Waals surface area contributed by atoms with Crippen molar-refractivity contribution in [2.24, 2.45) is 5.92 Å². The number of hydrogen-bond donors (Lipinski definition) is 1. The van der Waals surface area contributed by atoms with Crippen LogP contribution in [0.2, 0.25) is 0 Å². The zero-order valence-electron chi connectivity index (χ0n) is 5.87. The molecular formula is C7H8O4. The third kappa shape index (κ3) is 1.45. The molecule has 0 aromatic heterocycles. The number of rotatable bonds is 1. The molecule has 0 aromatic rings. The van der Waals surface area contributed by atoms with Gasteiger partial charge < -0.3 is 5.11 Å². The van der Waals surface area contributed by atoms with E-state index in [0.717, 1.165) is 0 Å². The highest BCUT2D eigenvalue weighted by molar-refractivity contribution is 6.17. The molecule has 0 aromatic carbocycles. The molecule has 11 heavy (non-hydrogen) atoms. The summed E-state index contributed by atoms with van der Waals surface area (Å²) in [6.45, 7) is 0. The number of aliphatic carboxylic acids is 1. The average Bonchev–Trinajstić information content (AvgIpc) is 1.85. The summed E-state index contributed by atoms with van der Waals surface area (Å²) in [5.41, 5.74) is 0. The lowest BCUT2D eigenvalue weighted by molar-refractivity contribution is -0.151. The molecule has 60 valence electrons. The minimum atomic E-state index is -1.37. The Morgan fingerprint density at radius 1 is 1.27 bits per heavy atom. The van der Waals surface area contributed by atoms with Crippen LogP contribution in [0.5, 0.6) is 0 Å². The Kier molecular flexibility index (Phi) is 2.03. The standard InChI is InChI=1S/C7H8O4/c8-4-2-1-3-5(9)6(4)7(10)11/h6H,1-3H2,(H,10,11). The number of carbonyl (C=O) groups excluding carboxylic acids is 2. The van der Waals surface area contributed by atoms with Crippen LogP contribution < -0.4 is 0 Å². The van der Waals surface area contributed by atoms with Gasteiger partial charge in [-0.15, -0.1) is 0 Å². The maximum absolute atomic E-state index is 10.8. The van der Waals surface area contributed by atoms with Crippen molar-refractivity contribution in [1.29, 1.82) is 0 Å². The summed E-state index contributed by atoms with van der Waals surface area (Å²) < 4.78 is 0. The molecule has 4 nitrogen and oxygen atoms in total. The van der Waals surface area contributed by atoms with Crippen LogP contribution in [0.15, 0.2) is 0 Å². The second kappa shape index (κ2) is 2.82. The fourth-order valence-electron chi connectivity index (χ4n) is 1.18. The minimum absolute atomic E-state index is 0.225. The first-order valence-corrected chi connectivity index (χ1v) is 3.41. The van der Waals surface area contributed by atoms with E-state index in [1.165, 1.54) is 0 Å². The topological polar surface area (TPSA) is 71.4 Å². The van der Waals surface area contributed by atoms with Gasteiger partial charge >= 0.3 is 5.97 Å². The van der Waals surface area contributed by atoms with Gasteiger partial charge in [-0.3, -0.25) is 14.4 Å². The third-order valence-corrected chi connectivity index (χ3v) is 1.74. The van der Waals surface area contributed by atoms with Crippen LogP contribution >= 0.6 is 0 Å². The SMILES string of the molecule is O=C(O)C1C(=O)CCCC1=O. The molecule has 1 aliphatic rings. The van der Waals surface area contributed by atoms with Crippen molar-refractivity contribution in [2.45, 2.75) is 19.3 Å². The van der Waals surface area contributed by atoms with Gasteiger partial charge in [-0.1, -0.05) is 0 Å². The summed E-state index contributed by atoms with van der Waals surface area (Å²) in [6.07, 6.45) is 0.951. The van der Waals surface area contributed by atoms with Crippen LogP contribution in [-0.4, -0.2) is 22.6 Å². The molecule has 0 bridgehead atoms. The molecule has 0 aliphatic heterocycles. The first-order valence-electron chi connectivity index (χ1n) is 3.41. The number of carboxylic acids is 1. The Bertz CT molecular complexity index is 202. The van der Waals surface area contributed by atoms with Crippen molar-refractivity contribution in [3.8, 4) is 0 Å². The van der Waals surface area contributed by atoms with E-state index in [4.69, 9.17) is 5.11 Å². The Hall–Kier alpha value is -1.19. The molecule has 1 rings (SSSR count). The van der Waals surface area contributed by atoms with Crippen LogP contribution in [0, 0.1) is 5.92 Å². The van der Waals surface area contributed by atoms with Crippen LogP contribution in [0.25, 0.3) is 0 Å². The fraction of sp³-hybridized carbons (Fsp3) is 0.571. The Morgan fingerprint density at radius 3 is 2.00 bits per heavy atom. The smallest absolute Gasteiger partial charge is 0.321 e. The van der Waals surface area contributed by atoms with E-state index >= 15 is 0 Å². The van der Waals surface area contributed by atoms with E-state index in [0.29, 0.717) is 6.42 Å². The zero-order valence-corrected chi connectivity index (χ0v) is 5.87. The third-order valence-electron chi connectivity index (χ3n) is 1.74. The van der Waals surface area contributed by atoms with E-state index in [1.54, 1.807) is 0 Å². The molecule has 0 amide bonds. The maximum Gasteiger partial charge on any atom is 0.321 e. The average molecular weight is 156 g/mol. The molecule has 1 N–H and O–H groups in total. The molecule has 1 aliphatic carbocycles. The monoisotopic (exact) mass is 156 g/mol. The lowest BCUT2D eigenvalue weighted by Crippen LogP contribution is -2.34. The van der Waals surface area contributed by atoms with E-state index in [1.807, 2.05) is 0 Å². The lowest BCUT2D eigenvalue weighted by Gasteiger charge is -2.14. The van der Waals surface area contributed by atoms with Gasteiger partial charge in [-0.2, -0.15) is 0 Å². The van der Waals surface area contributed by atoms with E-state index < -0.39 is 23.5 Å². The highest BCUT2D eigenvalue weighted by Crippen LogP contribution is 2.16. The van der Waals surface area contributed by atoms with Crippen LogP contribution in [-0.2, 0) is 14.4 Å². The van der Waals surface area contributed by atoms with Gasteiger partial charge in [0, 0.05) is 12.8 Å². The predicted molar refractivity (Wildman–Crippen MR) is 35.0 cm³/mol. The molecule has 0 radical (unpaired) electrons. The Balaban J connectivity index is 2.79. The predicted octanol–water partition coefficient (Wildman–Crippen LogP) is 0.00930. The van der Waals surface area contributed by atoms with Crippen LogP contribution in [0.1, 0.15) is 19.3 Å². The second-order valence-electron chi connectivity index (χ2n) is 2.56. The number of Topliss-reactive ketones (excluding diaryl/α,β-unsaturated/α-hetero) is 2. The number of hydrogen-bond acceptors (Lipinski definition) is 3. The van der Waals surface area contributed by atoms with Gasteiger partial charge in [0.25, 0.3) is 0 Å². The van der Waals surface area contributed by atoms with Gasteiger partial charge in [-0.05, 0) is 6.42 Å². The number of carboxylic acid groups (broad SMARTS) is 1. The van der Waals surface area contributed by atoms with E-state index in [2.05, 4.69) is 0 Å². The fourth-order valence-corrected chi connectivity index (χ4v) is 1.18. The lowest BCUT2D eigenvalue weighted by atomic mass is 9.87. The largest absolute Gasteiger partial charge is 0.480 e. The van der Waals surface area contributed by atoms with Crippen molar-refractivity contribution >= 4 is 17.5 Å². The Morgan fingerprint density at radius 2 is 1.73 bits per heavy atom. The molecule has 1 fully saturated rings. The number of ketones is 2. The first kappa shape index (κ1) is 7.91. The van der Waals surface area contributed by atoms with Gasteiger partial charge in [0.15, 0.2) is 17.5 Å². The van der Waals surface area contributed by atoms with Gasteiger partial charge in [0.2, 0.25) is 0 Å². The number of carbonyl (C=O) groups is 3. The van der Waals surface area contributed by atoms with Crippen molar-refractivity contribution in [2.75, 3.05) is 0 Å². The van der Waals surface area contributed by atoms with Gasteiger partial charge in [-0.25, -0.2) is 0 Å². The molecule has 1 saturated carbocycles. The van der Waals surface area contributed by atoms with Crippen LogP contribution in [0.3, 0.4) is 0 Å². The van der Waals surface area contributed by atoms with Crippen molar-refractivity contribution in [3.05, 3.63) is 0 Å². The summed E-state index contributed by atoms with van der Waals surface area (Å²) in [4.78, 5) is 32.0. The van der Waals surface area contributed by atoms with Crippen molar-refractivity contribution in [1.82, 2.24) is 0 Å². The van der Waals surface area contributed by atoms with Gasteiger partial charge in [0.05, 0.1) is 0 Å². The van der Waals surface area contributed by atoms with Crippen LogP contribution in [0.4, 0.5) is 0 Å². The normalized spacial score (nSPS) is 20.4. The summed E-state index contributed by atoms with van der Waals surface area (Å²) in [5, 5.41) is 8.44. The molecule has 0 heterocycles. The minimum Gasteiger partial charge on any atom is -0.480 e.